The van der Waals surface area contributed by atoms with E-state index >= 15 is 0 Å². The van der Waals surface area contributed by atoms with Gasteiger partial charge >= 0.3 is 0 Å². The smallest absolute Gasteiger partial charge is 0.228 e. The number of benzene rings is 2. The second-order valence-electron chi connectivity index (χ2n) is 5.60. The van der Waals surface area contributed by atoms with Crippen molar-refractivity contribution in [3.63, 3.8) is 0 Å². The average Bonchev–Trinajstić information content (AvgIpc) is 2.57. The van der Waals surface area contributed by atoms with Gasteiger partial charge in [0.15, 0.2) is 0 Å². The average molecular weight is 332 g/mol. The van der Waals surface area contributed by atoms with Crippen LogP contribution in [0.5, 0.6) is 0 Å². The molecule has 5 heteroatoms. The van der Waals surface area contributed by atoms with Crippen LogP contribution >= 0.6 is 12.4 Å². The number of hydrogen-bond donors (Lipinski definition) is 3. The summed E-state index contributed by atoms with van der Waals surface area (Å²) < 4.78 is 0. The minimum absolute atomic E-state index is 0. The Morgan fingerprint density at radius 2 is 1.74 bits per heavy atom. The Labute approximate surface area is 143 Å². The Morgan fingerprint density at radius 1 is 1.00 bits per heavy atom. The quantitative estimate of drug-likeness (QED) is 0.799. The van der Waals surface area contributed by atoms with E-state index in [1.165, 1.54) is 0 Å². The van der Waals surface area contributed by atoms with Crippen LogP contribution in [0.2, 0.25) is 0 Å². The lowest BCUT2D eigenvalue weighted by atomic mass is 9.99. The van der Waals surface area contributed by atoms with Crippen LogP contribution in [0.4, 0.5) is 17.1 Å². The van der Waals surface area contributed by atoms with Crippen LogP contribution in [0.3, 0.4) is 0 Å². The standard InChI is InChI=1S/C18H21N3O.ClH/c22-18(14-6-5-11-19-13-14)21-17-10-4-9-16(12-17)20-15-7-2-1-3-8-15;/h1-4,7-10,12,14,19-20H,5-6,11,13H2,(H,21,22);1H. The molecule has 1 unspecified atom stereocenters. The molecule has 1 saturated heterocycles. The number of amides is 1. The summed E-state index contributed by atoms with van der Waals surface area (Å²) in [5, 5.41) is 9.62. The second kappa shape index (κ2) is 8.56. The topological polar surface area (TPSA) is 53.2 Å². The van der Waals surface area contributed by atoms with E-state index in [0.717, 1.165) is 43.0 Å². The van der Waals surface area contributed by atoms with Crippen molar-refractivity contribution in [2.45, 2.75) is 12.8 Å². The fourth-order valence-corrected chi connectivity index (χ4v) is 2.68. The third-order valence-electron chi connectivity index (χ3n) is 3.86. The van der Waals surface area contributed by atoms with E-state index in [0.29, 0.717) is 0 Å². The molecular weight excluding hydrogens is 310 g/mol. The molecule has 1 aliphatic rings. The molecule has 0 spiro atoms. The summed E-state index contributed by atoms with van der Waals surface area (Å²) in [7, 11) is 0. The number of hydrogen-bond acceptors (Lipinski definition) is 3. The molecule has 2 aromatic rings. The molecule has 2 aromatic carbocycles. The SMILES string of the molecule is Cl.O=C(Nc1cccc(Nc2ccccc2)c1)C1CCCNC1. The predicted octanol–water partition coefficient (Wildman–Crippen LogP) is 3.79. The molecule has 4 nitrogen and oxygen atoms in total. The first kappa shape index (κ1) is 17.3. The van der Waals surface area contributed by atoms with Crippen molar-refractivity contribution in [2.24, 2.45) is 5.92 Å². The van der Waals surface area contributed by atoms with Crippen LogP contribution in [0.25, 0.3) is 0 Å². The van der Waals surface area contributed by atoms with E-state index < -0.39 is 0 Å². The van der Waals surface area contributed by atoms with Crippen LogP contribution in [0.1, 0.15) is 12.8 Å². The minimum atomic E-state index is 0. The van der Waals surface area contributed by atoms with Crippen LogP contribution in [0.15, 0.2) is 54.6 Å². The second-order valence-corrected chi connectivity index (χ2v) is 5.60. The molecule has 1 fully saturated rings. The third kappa shape index (κ3) is 4.98. The molecule has 3 N–H and O–H groups in total. The van der Waals surface area contributed by atoms with Gasteiger partial charge in [-0.3, -0.25) is 4.79 Å². The van der Waals surface area contributed by atoms with Gasteiger partial charge in [0, 0.05) is 23.6 Å². The van der Waals surface area contributed by atoms with Gasteiger partial charge in [-0.2, -0.15) is 0 Å². The highest BCUT2D eigenvalue weighted by molar-refractivity contribution is 5.93. The van der Waals surface area contributed by atoms with E-state index in [2.05, 4.69) is 16.0 Å². The zero-order chi connectivity index (χ0) is 15.2. The number of nitrogens with one attached hydrogen (secondary N) is 3. The molecule has 1 aliphatic heterocycles. The summed E-state index contributed by atoms with van der Waals surface area (Å²) in [6, 6.07) is 17.8. The summed E-state index contributed by atoms with van der Waals surface area (Å²) >= 11 is 0. The normalized spacial score (nSPS) is 17.0. The number of anilines is 3. The minimum Gasteiger partial charge on any atom is -0.355 e. The maximum atomic E-state index is 12.3. The molecule has 122 valence electrons. The monoisotopic (exact) mass is 331 g/mol. The van der Waals surface area contributed by atoms with Crippen LogP contribution in [-0.2, 0) is 4.79 Å². The molecule has 1 atom stereocenters. The molecule has 23 heavy (non-hydrogen) atoms. The maximum Gasteiger partial charge on any atom is 0.228 e. The van der Waals surface area contributed by atoms with E-state index in [-0.39, 0.29) is 24.2 Å². The first-order valence-electron chi connectivity index (χ1n) is 7.75. The maximum absolute atomic E-state index is 12.3. The Balaban J connectivity index is 0.00000192. The van der Waals surface area contributed by atoms with Crippen molar-refractivity contribution < 1.29 is 4.79 Å². The zero-order valence-corrected chi connectivity index (χ0v) is 13.7. The van der Waals surface area contributed by atoms with Crippen molar-refractivity contribution in [1.29, 1.82) is 0 Å². The summed E-state index contributed by atoms with van der Waals surface area (Å²) in [5.41, 5.74) is 2.82. The Morgan fingerprint density at radius 3 is 2.48 bits per heavy atom. The van der Waals surface area contributed by atoms with Gasteiger partial charge in [-0.05, 0) is 49.7 Å². The van der Waals surface area contributed by atoms with Crippen molar-refractivity contribution in [2.75, 3.05) is 23.7 Å². The van der Waals surface area contributed by atoms with E-state index in [4.69, 9.17) is 0 Å². The molecule has 3 rings (SSSR count). The number of carbonyl (C=O) groups is 1. The predicted molar refractivity (Wildman–Crippen MR) is 97.6 cm³/mol. The summed E-state index contributed by atoms with van der Waals surface area (Å²) in [5.74, 6) is 0.170. The fraction of sp³-hybridized carbons (Fsp3) is 0.278. The number of piperidine rings is 1. The highest BCUT2D eigenvalue weighted by Gasteiger charge is 2.20. The Kier molecular flexibility index (Phi) is 6.44. The van der Waals surface area contributed by atoms with Gasteiger partial charge in [0.05, 0.1) is 5.92 Å². The van der Waals surface area contributed by atoms with Crippen molar-refractivity contribution >= 4 is 35.4 Å². The number of rotatable bonds is 4. The van der Waals surface area contributed by atoms with Crippen LogP contribution in [-0.4, -0.2) is 19.0 Å². The summed E-state index contributed by atoms with van der Waals surface area (Å²) in [6.45, 7) is 1.79. The van der Waals surface area contributed by atoms with Crippen molar-refractivity contribution in [3.05, 3.63) is 54.6 Å². The fourth-order valence-electron chi connectivity index (χ4n) is 2.68. The molecule has 0 radical (unpaired) electrons. The van der Waals surface area contributed by atoms with Gasteiger partial charge in [-0.1, -0.05) is 24.3 Å². The van der Waals surface area contributed by atoms with Gasteiger partial charge < -0.3 is 16.0 Å². The number of carbonyl (C=O) groups excluding carboxylic acids is 1. The van der Waals surface area contributed by atoms with Crippen LogP contribution < -0.4 is 16.0 Å². The highest BCUT2D eigenvalue weighted by atomic mass is 35.5. The van der Waals surface area contributed by atoms with Crippen molar-refractivity contribution in [1.82, 2.24) is 5.32 Å². The summed E-state index contributed by atoms with van der Waals surface area (Å²) in [6.07, 6.45) is 2.02. The zero-order valence-electron chi connectivity index (χ0n) is 12.9. The lowest BCUT2D eigenvalue weighted by Crippen LogP contribution is -2.37. The van der Waals surface area contributed by atoms with Crippen molar-refractivity contribution in [3.8, 4) is 0 Å². The van der Waals surface area contributed by atoms with Gasteiger partial charge in [-0.25, -0.2) is 0 Å². The molecule has 0 saturated carbocycles. The molecule has 0 aliphatic carbocycles. The van der Waals surface area contributed by atoms with Crippen LogP contribution in [0, 0.1) is 5.92 Å². The molecule has 0 aromatic heterocycles. The largest absolute Gasteiger partial charge is 0.355 e. The van der Waals surface area contributed by atoms with E-state index in [1.54, 1.807) is 0 Å². The van der Waals surface area contributed by atoms with Gasteiger partial charge in [-0.15, -0.1) is 12.4 Å². The van der Waals surface area contributed by atoms with Gasteiger partial charge in [0.25, 0.3) is 0 Å². The Bertz CT molecular complexity index is 627. The summed E-state index contributed by atoms with van der Waals surface area (Å²) in [4.78, 5) is 12.3. The first-order chi connectivity index (χ1) is 10.8. The number of halogens is 1. The van der Waals surface area contributed by atoms with E-state index in [1.807, 2.05) is 54.6 Å². The lowest BCUT2D eigenvalue weighted by Gasteiger charge is -2.22. The lowest BCUT2D eigenvalue weighted by molar-refractivity contribution is -0.120. The third-order valence-corrected chi connectivity index (χ3v) is 3.86. The Hall–Kier alpha value is -2.04. The van der Waals surface area contributed by atoms with Gasteiger partial charge in [0.1, 0.15) is 0 Å². The molecular formula is C18H22ClN3O. The highest BCUT2D eigenvalue weighted by Crippen LogP contribution is 2.21. The van der Waals surface area contributed by atoms with E-state index in [9.17, 15) is 4.79 Å². The molecule has 0 bridgehead atoms. The molecule has 1 heterocycles. The van der Waals surface area contributed by atoms with Gasteiger partial charge in [0.2, 0.25) is 5.91 Å². The molecule has 1 amide bonds. The first-order valence-corrected chi connectivity index (χ1v) is 7.75. The number of para-hydroxylation sites is 1.